The van der Waals surface area contributed by atoms with Crippen LogP contribution in [0, 0.1) is 0 Å². The lowest BCUT2D eigenvalue weighted by molar-refractivity contribution is 0.193. The minimum atomic E-state index is 0.165. The molecule has 0 aliphatic carbocycles. The van der Waals surface area contributed by atoms with E-state index in [1.807, 2.05) is 23.9 Å². The molecule has 0 amide bonds. The third kappa shape index (κ3) is 3.14. The maximum absolute atomic E-state index is 6.28. The highest BCUT2D eigenvalue weighted by Gasteiger charge is 2.27. The molecular weight excluding hydrogens is 287 g/mol. The van der Waals surface area contributed by atoms with Crippen LogP contribution in [-0.2, 0) is 0 Å². The zero-order valence-corrected chi connectivity index (χ0v) is 12.7. The molecule has 0 saturated carbocycles. The number of rotatable bonds is 4. The summed E-state index contributed by atoms with van der Waals surface area (Å²) in [7, 11) is 2.14. The van der Waals surface area contributed by atoms with E-state index in [1.54, 1.807) is 6.07 Å². The van der Waals surface area contributed by atoms with Gasteiger partial charge in [0.05, 0.1) is 0 Å². The van der Waals surface area contributed by atoms with Crippen molar-refractivity contribution in [3.8, 4) is 0 Å². The highest BCUT2D eigenvalue weighted by Crippen LogP contribution is 2.32. The molecule has 0 radical (unpaired) electrons. The predicted octanol–water partition coefficient (Wildman–Crippen LogP) is 3.43. The molecule has 18 heavy (non-hydrogen) atoms. The molecule has 1 heterocycles. The predicted molar refractivity (Wildman–Crippen MR) is 81.8 cm³/mol. The summed E-state index contributed by atoms with van der Waals surface area (Å²) >= 11 is 14.2. The minimum Gasteiger partial charge on any atom is -0.329 e. The van der Waals surface area contributed by atoms with Gasteiger partial charge in [-0.05, 0) is 36.9 Å². The van der Waals surface area contributed by atoms with Crippen LogP contribution in [0.25, 0.3) is 0 Å². The highest BCUT2D eigenvalue weighted by atomic mass is 35.5. The van der Waals surface area contributed by atoms with Crippen LogP contribution in [-0.4, -0.2) is 36.0 Å². The van der Waals surface area contributed by atoms with Gasteiger partial charge in [0.2, 0.25) is 0 Å². The first-order valence-electron chi connectivity index (χ1n) is 6.08. The third-order valence-corrected chi connectivity index (χ3v) is 5.23. The Morgan fingerprint density at radius 3 is 2.83 bits per heavy atom. The summed E-state index contributed by atoms with van der Waals surface area (Å²) in [5.74, 6) is 2.42. The van der Waals surface area contributed by atoms with Crippen LogP contribution in [0.4, 0.5) is 0 Å². The van der Waals surface area contributed by atoms with E-state index in [9.17, 15) is 0 Å². The first-order chi connectivity index (χ1) is 8.63. The zero-order chi connectivity index (χ0) is 13.1. The fourth-order valence-electron chi connectivity index (χ4n) is 2.38. The summed E-state index contributed by atoms with van der Waals surface area (Å²) in [6.07, 6.45) is 1.23. The molecule has 1 saturated heterocycles. The number of hydrogen-bond donors (Lipinski definition) is 1. The van der Waals surface area contributed by atoms with Gasteiger partial charge >= 0.3 is 0 Å². The summed E-state index contributed by atoms with van der Waals surface area (Å²) in [5, 5.41) is 1.37. The van der Waals surface area contributed by atoms with Gasteiger partial charge in [0, 0.05) is 34.4 Å². The molecular formula is C13H18Cl2N2S. The molecule has 2 unspecified atom stereocenters. The molecule has 2 N–H and O–H groups in total. The number of nitrogens with two attached hydrogens (primary N) is 1. The maximum atomic E-state index is 6.28. The van der Waals surface area contributed by atoms with Crippen LogP contribution < -0.4 is 5.73 Å². The smallest absolute Gasteiger partial charge is 0.0485 e. The van der Waals surface area contributed by atoms with E-state index in [0.29, 0.717) is 22.6 Å². The Balaban J connectivity index is 2.21. The molecule has 2 nitrogen and oxygen atoms in total. The lowest BCUT2D eigenvalue weighted by Crippen LogP contribution is -2.38. The van der Waals surface area contributed by atoms with Crippen LogP contribution in [0.5, 0.6) is 0 Å². The number of likely N-dealkylation sites (N-methyl/N-ethyl adjacent to an activating group) is 1. The monoisotopic (exact) mass is 304 g/mol. The number of nitrogens with zero attached hydrogens (tertiary/aromatic N) is 1. The Morgan fingerprint density at radius 1 is 1.50 bits per heavy atom. The van der Waals surface area contributed by atoms with Gasteiger partial charge in [-0.15, -0.1) is 0 Å². The maximum Gasteiger partial charge on any atom is 0.0485 e. The lowest BCUT2D eigenvalue weighted by atomic mass is 10.0. The molecule has 0 aromatic heterocycles. The average molecular weight is 305 g/mol. The van der Waals surface area contributed by atoms with Crippen LogP contribution in [0.2, 0.25) is 10.0 Å². The number of benzene rings is 1. The van der Waals surface area contributed by atoms with E-state index in [4.69, 9.17) is 28.9 Å². The molecule has 2 atom stereocenters. The molecule has 1 aliphatic heterocycles. The summed E-state index contributed by atoms with van der Waals surface area (Å²) in [4.78, 5) is 2.36. The molecule has 1 aromatic rings. The second-order valence-corrected chi connectivity index (χ2v) is 6.59. The average Bonchev–Trinajstić information content (AvgIpc) is 2.86. The Kier molecular flexibility index (Phi) is 5.22. The standard InChI is InChI=1S/C13H18Cl2N2S/c1-17(10-4-5-18-8-10)13(7-16)11-3-2-9(14)6-12(11)15/h2-3,6,10,13H,4-5,7-8,16H2,1H3. The summed E-state index contributed by atoms with van der Waals surface area (Å²) in [6, 6.07) is 6.41. The Bertz CT molecular complexity index is 408. The van der Waals surface area contributed by atoms with Crippen molar-refractivity contribution in [2.24, 2.45) is 5.73 Å². The Labute approximate surface area is 123 Å². The van der Waals surface area contributed by atoms with Crippen molar-refractivity contribution in [1.29, 1.82) is 0 Å². The van der Waals surface area contributed by atoms with Crippen molar-refractivity contribution in [3.63, 3.8) is 0 Å². The fraction of sp³-hybridized carbons (Fsp3) is 0.538. The van der Waals surface area contributed by atoms with E-state index < -0.39 is 0 Å². The van der Waals surface area contributed by atoms with Gasteiger partial charge in [-0.25, -0.2) is 0 Å². The van der Waals surface area contributed by atoms with Crippen LogP contribution >= 0.6 is 35.0 Å². The van der Waals surface area contributed by atoms with E-state index in [0.717, 1.165) is 5.56 Å². The third-order valence-electron chi connectivity index (χ3n) is 3.52. The van der Waals surface area contributed by atoms with Crippen LogP contribution in [0.1, 0.15) is 18.0 Å². The number of hydrogen-bond acceptors (Lipinski definition) is 3. The molecule has 5 heteroatoms. The SMILES string of the molecule is CN(C1CCSC1)C(CN)c1ccc(Cl)cc1Cl. The van der Waals surface area contributed by atoms with Crippen molar-refractivity contribution in [2.75, 3.05) is 25.1 Å². The van der Waals surface area contributed by atoms with Crippen LogP contribution in [0.3, 0.4) is 0 Å². The molecule has 0 spiro atoms. The summed E-state index contributed by atoms with van der Waals surface area (Å²) in [5.41, 5.74) is 7.01. The summed E-state index contributed by atoms with van der Waals surface area (Å²) in [6.45, 7) is 0.568. The van der Waals surface area contributed by atoms with Crippen molar-refractivity contribution in [3.05, 3.63) is 33.8 Å². The molecule has 0 bridgehead atoms. The first kappa shape index (κ1) is 14.5. The zero-order valence-electron chi connectivity index (χ0n) is 10.4. The van der Waals surface area contributed by atoms with Gasteiger partial charge in [0.15, 0.2) is 0 Å². The molecule has 1 fully saturated rings. The van der Waals surface area contributed by atoms with Gasteiger partial charge in [-0.3, -0.25) is 4.90 Å². The van der Waals surface area contributed by atoms with Crippen molar-refractivity contribution >= 4 is 35.0 Å². The van der Waals surface area contributed by atoms with Gasteiger partial charge < -0.3 is 5.73 Å². The minimum absolute atomic E-state index is 0.165. The van der Waals surface area contributed by atoms with Crippen molar-refractivity contribution in [2.45, 2.75) is 18.5 Å². The van der Waals surface area contributed by atoms with Gasteiger partial charge in [0.1, 0.15) is 0 Å². The van der Waals surface area contributed by atoms with Crippen molar-refractivity contribution in [1.82, 2.24) is 4.90 Å². The molecule has 100 valence electrons. The summed E-state index contributed by atoms with van der Waals surface area (Å²) < 4.78 is 0. The first-order valence-corrected chi connectivity index (χ1v) is 7.99. The highest BCUT2D eigenvalue weighted by molar-refractivity contribution is 7.99. The largest absolute Gasteiger partial charge is 0.329 e. The Morgan fingerprint density at radius 2 is 2.28 bits per heavy atom. The second-order valence-electron chi connectivity index (χ2n) is 4.60. The quantitative estimate of drug-likeness (QED) is 0.924. The molecule has 2 rings (SSSR count). The van der Waals surface area contributed by atoms with Crippen molar-refractivity contribution < 1.29 is 0 Å². The van der Waals surface area contributed by atoms with E-state index >= 15 is 0 Å². The normalized spacial score (nSPS) is 21.5. The van der Waals surface area contributed by atoms with E-state index in [-0.39, 0.29) is 6.04 Å². The Hall–Kier alpha value is 0.0700. The van der Waals surface area contributed by atoms with Crippen LogP contribution in [0.15, 0.2) is 18.2 Å². The topological polar surface area (TPSA) is 29.3 Å². The lowest BCUT2D eigenvalue weighted by Gasteiger charge is -2.32. The number of thioether (sulfide) groups is 1. The molecule has 1 aromatic carbocycles. The fourth-order valence-corrected chi connectivity index (χ4v) is 4.20. The second kappa shape index (κ2) is 6.49. The number of halogens is 2. The molecule has 1 aliphatic rings. The van der Waals surface area contributed by atoms with Gasteiger partial charge in [-0.1, -0.05) is 29.3 Å². The van der Waals surface area contributed by atoms with E-state index in [2.05, 4.69) is 11.9 Å². The van der Waals surface area contributed by atoms with Gasteiger partial charge in [-0.2, -0.15) is 11.8 Å². The van der Waals surface area contributed by atoms with E-state index in [1.165, 1.54) is 17.9 Å². The van der Waals surface area contributed by atoms with Gasteiger partial charge in [0.25, 0.3) is 0 Å².